The summed E-state index contributed by atoms with van der Waals surface area (Å²) in [5.41, 5.74) is 0.523. The molecule has 6 heteroatoms. The van der Waals surface area contributed by atoms with Gasteiger partial charge in [0.05, 0.1) is 18.8 Å². The number of pyridine rings is 1. The van der Waals surface area contributed by atoms with E-state index in [-0.39, 0.29) is 30.3 Å². The fourth-order valence-electron chi connectivity index (χ4n) is 2.51. The van der Waals surface area contributed by atoms with Crippen molar-refractivity contribution < 1.29 is 9.90 Å². The second kappa shape index (κ2) is 7.57. The maximum absolute atomic E-state index is 12.1. The number of aliphatic hydroxyl groups is 1. The van der Waals surface area contributed by atoms with E-state index in [1.54, 1.807) is 18.3 Å². The van der Waals surface area contributed by atoms with Crippen LogP contribution in [0.25, 0.3) is 0 Å². The zero-order valence-electron chi connectivity index (χ0n) is 11.4. The highest BCUT2D eigenvalue weighted by Gasteiger charge is 2.22. The molecule has 0 radical (unpaired) electrons. The Morgan fingerprint density at radius 3 is 3.10 bits per heavy atom. The van der Waals surface area contributed by atoms with Crippen molar-refractivity contribution in [1.82, 2.24) is 9.88 Å². The summed E-state index contributed by atoms with van der Waals surface area (Å²) in [5, 5.41) is 12.5. The van der Waals surface area contributed by atoms with Crippen LogP contribution in [-0.4, -0.2) is 46.6 Å². The van der Waals surface area contributed by atoms with E-state index in [4.69, 9.17) is 11.6 Å². The monoisotopic (exact) mass is 297 g/mol. The van der Waals surface area contributed by atoms with E-state index in [2.05, 4.69) is 10.3 Å². The SMILES string of the molecule is O=C(CN1CCCCCC1CO)Nc1cccnc1Cl. The van der Waals surface area contributed by atoms with Crippen molar-refractivity contribution in [2.24, 2.45) is 0 Å². The second-order valence-corrected chi connectivity index (χ2v) is 5.40. The van der Waals surface area contributed by atoms with Crippen molar-refractivity contribution in [3.63, 3.8) is 0 Å². The summed E-state index contributed by atoms with van der Waals surface area (Å²) < 4.78 is 0. The molecule has 0 bridgehead atoms. The molecule has 1 atom stereocenters. The number of halogens is 1. The number of aliphatic hydroxyl groups excluding tert-OH is 1. The Labute approximate surface area is 123 Å². The lowest BCUT2D eigenvalue weighted by atomic mass is 10.1. The van der Waals surface area contributed by atoms with Crippen LogP contribution in [0.3, 0.4) is 0 Å². The number of hydrogen-bond acceptors (Lipinski definition) is 4. The molecule has 0 aromatic carbocycles. The number of aromatic nitrogens is 1. The molecule has 0 spiro atoms. The number of carbonyl (C=O) groups is 1. The number of carbonyl (C=O) groups excluding carboxylic acids is 1. The van der Waals surface area contributed by atoms with E-state index in [1.807, 2.05) is 4.90 Å². The predicted octanol–water partition coefficient (Wildman–Crippen LogP) is 1.91. The summed E-state index contributed by atoms with van der Waals surface area (Å²) in [4.78, 5) is 18.1. The molecule has 1 aromatic heterocycles. The highest BCUT2D eigenvalue weighted by molar-refractivity contribution is 6.32. The Kier molecular flexibility index (Phi) is 5.76. The van der Waals surface area contributed by atoms with Gasteiger partial charge in [-0.15, -0.1) is 0 Å². The van der Waals surface area contributed by atoms with Gasteiger partial charge in [0.25, 0.3) is 0 Å². The van der Waals surface area contributed by atoms with Crippen LogP contribution < -0.4 is 5.32 Å². The molecule has 1 unspecified atom stereocenters. The molecular weight excluding hydrogens is 278 g/mol. The van der Waals surface area contributed by atoms with Crippen molar-refractivity contribution in [2.45, 2.75) is 31.7 Å². The Morgan fingerprint density at radius 1 is 1.50 bits per heavy atom. The molecule has 1 fully saturated rings. The largest absolute Gasteiger partial charge is 0.395 e. The molecule has 1 aromatic rings. The molecule has 1 amide bonds. The normalized spacial score (nSPS) is 20.4. The maximum Gasteiger partial charge on any atom is 0.238 e. The quantitative estimate of drug-likeness (QED) is 0.833. The topological polar surface area (TPSA) is 65.5 Å². The molecule has 5 nitrogen and oxygen atoms in total. The van der Waals surface area contributed by atoms with Crippen LogP contribution in [-0.2, 0) is 4.79 Å². The highest BCUT2D eigenvalue weighted by Crippen LogP contribution is 2.19. The summed E-state index contributed by atoms with van der Waals surface area (Å²) in [5.74, 6) is -0.125. The third kappa shape index (κ3) is 4.16. The Hall–Kier alpha value is -1.17. The molecule has 1 aliphatic heterocycles. The number of hydrogen-bond donors (Lipinski definition) is 2. The zero-order valence-corrected chi connectivity index (χ0v) is 12.1. The van der Waals surface area contributed by atoms with Crippen LogP contribution in [0.5, 0.6) is 0 Å². The lowest BCUT2D eigenvalue weighted by Crippen LogP contribution is -2.42. The first-order valence-corrected chi connectivity index (χ1v) is 7.34. The number of nitrogens with zero attached hydrogens (tertiary/aromatic N) is 2. The van der Waals surface area contributed by atoms with Gasteiger partial charge in [-0.2, -0.15) is 0 Å². The Morgan fingerprint density at radius 2 is 2.35 bits per heavy atom. The summed E-state index contributed by atoms with van der Waals surface area (Å²) in [6.45, 7) is 1.22. The number of rotatable bonds is 4. The van der Waals surface area contributed by atoms with Gasteiger partial charge in [-0.05, 0) is 31.5 Å². The lowest BCUT2D eigenvalue weighted by molar-refractivity contribution is -0.118. The first kappa shape index (κ1) is 15.2. The van der Waals surface area contributed by atoms with Crippen molar-refractivity contribution in [3.8, 4) is 0 Å². The molecule has 20 heavy (non-hydrogen) atoms. The summed E-state index contributed by atoms with van der Waals surface area (Å²) in [6.07, 6.45) is 5.85. The van der Waals surface area contributed by atoms with Gasteiger partial charge < -0.3 is 10.4 Å². The van der Waals surface area contributed by atoms with Crippen LogP contribution in [0.15, 0.2) is 18.3 Å². The number of likely N-dealkylation sites (tertiary alicyclic amines) is 1. The molecule has 0 saturated carbocycles. The lowest BCUT2D eigenvalue weighted by Gasteiger charge is -2.27. The third-order valence-corrected chi connectivity index (χ3v) is 3.89. The minimum absolute atomic E-state index is 0.0765. The minimum atomic E-state index is -0.125. The molecular formula is C14H20ClN3O2. The Balaban J connectivity index is 1.94. The molecule has 1 saturated heterocycles. The smallest absolute Gasteiger partial charge is 0.238 e. The average Bonchev–Trinajstić information content (AvgIpc) is 2.66. The molecule has 2 heterocycles. The fourth-order valence-corrected chi connectivity index (χ4v) is 2.67. The van der Waals surface area contributed by atoms with Gasteiger partial charge in [-0.1, -0.05) is 24.4 Å². The van der Waals surface area contributed by atoms with E-state index >= 15 is 0 Å². The van der Waals surface area contributed by atoms with Crippen LogP contribution in [0, 0.1) is 0 Å². The molecule has 1 aliphatic rings. The van der Waals surface area contributed by atoms with E-state index in [9.17, 15) is 9.90 Å². The van der Waals surface area contributed by atoms with Gasteiger partial charge in [0, 0.05) is 12.2 Å². The summed E-state index contributed by atoms with van der Waals surface area (Å²) in [6, 6.07) is 3.52. The van der Waals surface area contributed by atoms with Gasteiger partial charge in [-0.25, -0.2) is 4.98 Å². The standard InChI is InChI=1S/C14H20ClN3O2/c15-14-12(6-4-7-16-14)17-13(20)9-18-8-3-1-2-5-11(18)10-19/h4,6-7,11,19H,1-3,5,8-10H2,(H,17,20). The predicted molar refractivity (Wildman–Crippen MR) is 78.8 cm³/mol. The van der Waals surface area contributed by atoms with Gasteiger partial charge in [0.2, 0.25) is 5.91 Å². The van der Waals surface area contributed by atoms with E-state index in [0.29, 0.717) is 5.69 Å². The summed E-state index contributed by atoms with van der Waals surface area (Å²) in [7, 11) is 0. The van der Waals surface area contributed by atoms with Gasteiger partial charge in [-0.3, -0.25) is 9.69 Å². The second-order valence-electron chi connectivity index (χ2n) is 5.05. The zero-order chi connectivity index (χ0) is 14.4. The van der Waals surface area contributed by atoms with Gasteiger partial charge in [0.1, 0.15) is 0 Å². The molecule has 0 aliphatic carbocycles. The maximum atomic E-state index is 12.1. The van der Waals surface area contributed by atoms with Gasteiger partial charge >= 0.3 is 0 Å². The first-order chi connectivity index (χ1) is 9.70. The van der Waals surface area contributed by atoms with Crippen molar-refractivity contribution in [3.05, 3.63) is 23.5 Å². The highest BCUT2D eigenvalue weighted by atomic mass is 35.5. The number of anilines is 1. The van der Waals surface area contributed by atoms with E-state index in [0.717, 1.165) is 32.2 Å². The number of amides is 1. The first-order valence-electron chi connectivity index (χ1n) is 6.96. The number of nitrogens with one attached hydrogen (secondary N) is 1. The fraction of sp³-hybridized carbons (Fsp3) is 0.571. The third-order valence-electron chi connectivity index (χ3n) is 3.59. The average molecular weight is 298 g/mol. The van der Waals surface area contributed by atoms with Crippen LogP contribution in [0.2, 0.25) is 5.15 Å². The van der Waals surface area contributed by atoms with Crippen LogP contribution in [0.1, 0.15) is 25.7 Å². The Bertz CT molecular complexity index is 456. The van der Waals surface area contributed by atoms with E-state index < -0.39 is 0 Å². The molecule has 2 N–H and O–H groups in total. The molecule has 110 valence electrons. The van der Waals surface area contributed by atoms with E-state index in [1.165, 1.54) is 0 Å². The molecule has 2 rings (SSSR count). The van der Waals surface area contributed by atoms with Crippen molar-refractivity contribution >= 4 is 23.2 Å². The van der Waals surface area contributed by atoms with Crippen LogP contribution in [0.4, 0.5) is 5.69 Å². The van der Waals surface area contributed by atoms with Gasteiger partial charge in [0.15, 0.2) is 5.15 Å². The summed E-state index contributed by atoms with van der Waals surface area (Å²) >= 11 is 5.91. The minimum Gasteiger partial charge on any atom is -0.395 e. The van der Waals surface area contributed by atoms with Crippen LogP contribution >= 0.6 is 11.6 Å². The van der Waals surface area contributed by atoms with Crippen molar-refractivity contribution in [1.29, 1.82) is 0 Å². The van der Waals surface area contributed by atoms with Crippen molar-refractivity contribution in [2.75, 3.05) is 25.0 Å².